The molecule has 2 fully saturated rings. The summed E-state index contributed by atoms with van der Waals surface area (Å²) >= 11 is 0. The van der Waals surface area contributed by atoms with Crippen LogP contribution in [0, 0.1) is 5.41 Å². The van der Waals surface area contributed by atoms with E-state index in [9.17, 15) is 5.11 Å². The Bertz CT molecular complexity index is 258. The molecule has 0 atom stereocenters. The maximum atomic E-state index is 9.67. The SMILES string of the molecule is CN1CCN(CCCNCC2(CO)CCCCC2)CC1. The van der Waals surface area contributed by atoms with Gasteiger partial charge in [0.2, 0.25) is 0 Å². The van der Waals surface area contributed by atoms with Crippen molar-refractivity contribution in [3.8, 4) is 0 Å². The van der Waals surface area contributed by atoms with Crippen molar-refractivity contribution in [2.24, 2.45) is 5.41 Å². The highest BCUT2D eigenvalue weighted by Gasteiger charge is 2.30. The van der Waals surface area contributed by atoms with Crippen LogP contribution in [0.4, 0.5) is 0 Å². The molecule has 0 amide bonds. The molecule has 4 nitrogen and oxygen atoms in total. The Hall–Kier alpha value is -0.160. The van der Waals surface area contributed by atoms with Crippen LogP contribution >= 0.6 is 0 Å². The minimum Gasteiger partial charge on any atom is -0.396 e. The van der Waals surface area contributed by atoms with Gasteiger partial charge in [-0.25, -0.2) is 0 Å². The minimum absolute atomic E-state index is 0.187. The predicted molar refractivity (Wildman–Crippen MR) is 84.0 cm³/mol. The van der Waals surface area contributed by atoms with Gasteiger partial charge < -0.3 is 20.2 Å². The van der Waals surface area contributed by atoms with Gasteiger partial charge in [-0.05, 0) is 39.4 Å². The average molecular weight is 283 g/mol. The Balaban J connectivity index is 1.54. The van der Waals surface area contributed by atoms with Crippen molar-refractivity contribution in [2.45, 2.75) is 38.5 Å². The van der Waals surface area contributed by atoms with Crippen LogP contribution in [0.15, 0.2) is 0 Å². The van der Waals surface area contributed by atoms with E-state index < -0.39 is 0 Å². The third-order valence-corrected chi connectivity index (χ3v) is 5.17. The van der Waals surface area contributed by atoms with E-state index in [-0.39, 0.29) is 5.41 Å². The standard InChI is InChI=1S/C16H33N3O/c1-18-10-12-19(13-11-18)9-5-8-17-14-16(15-20)6-3-2-4-7-16/h17,20H,2-15H2,1H3. The van der Waals surface area contributed by atoms with Crippen molar-refractivity contribution >= 4 is 0 Å². The Labute approximate surface area is 124 Å². The summed E-state index contributed by atoms with van der Waals surface area (Å²) in [6, 6.07) is 0. The lowest BCUT2D eigenvalue weighted by molar-refractivity contribution is 0.0809. The Kier molecular flexibility index (Phi) is 6.75. The lowest BCUT2D eigenvalue weighted by Crippen LogP contribution is -2.45. The summed E-state index contributed by atoms with van der Waals surface area (Å²) in [6.45, 7) is 8.53. The second-order valence-electron chi connectivity index (χ2n) is 6.89. The molecule has 20 heavy (non-hydrogen) atoms. The van der Waals surface area contributed by atoms with Crippen molar-refractivity contribution in [2.75, 3.05) is 59.5 Å². The maximum Gasteiger partial charge on any atom is 0.0499 e. The molecule has 1 aliphatic heterocycles. The van der Waals surface area contributed by atoms with Crippen LogP contribution in [-0.2, 0) is 0 Å². The van der Waals surface area contributed by atoms with Crippen LogP contribution < -0.4 is 5.32 Å². The first-order chi connectivity index (χ1) is 9.74. The van der Waals surface area contributed by atoms with Gasteiger partial charge in [0, 0.05) is 44.7 Å². The van der Waals surface area contributed by atoms with Crippen LogP contribution in [-0.4, -0.2) is 74.4 Å². The zero-order valence-electron chi connectivity index (χ0n) is 13.2. The van der Waals surface area contributed by atoms with Crippen molar-refractivity contribution in [3.63, 3.8) is 0 Å². The predicted octanol–water partition coefficient (Wildman–Crippen LogP) is 1.16. The Morgan fingerprint density at radius 1 is 1.05 bits per heavy atom. The molecule has 2 N–H and O–H groups in total. The second kappa shape index (κ2) is 8.32. The molecule has 1 aliphatic carbocycles. The number of hydrogen-bond donors (Lipinski definition) is 2. The summed E-state index contributed by atoms with van der Waals surface area (Å²) in [5.74, 6) is 0. The first-order valence-corrected chi connectivity index (χ1v) is 8.47. The van der Waals surface area contributed by atoms with E-state index in [1.807, 2.05) is 0 Å². The molecular weight excluding hydrogens is 250 g/mol. The first-order valence-electron chi connectivity index (χ1n) is 8.47. The highest BCUT2D eigenvalue weighted by Crippen LogP contribution is 2.35. The van der Waals surface area contributed by atoms with E-state index >= 15 is 0 Å². The smallest absolute Gasteiger partial charge is 0.0499 e. The molecule has 0 bridgehead atoms. The number of nitrogens with one attached hydrogen (secondary N) is 1. The first kappa shape index (κ1) is 16.2. The molecule has 2 aliphatic rings. The lowest BCUT2D eigenvalue weighted by Gasteiger charge is -2.36. The van der Waals surface area contributed by atoms with Gasteiger partial charge in [0.1, 0.15) is 0 Å². The van der Waals surface area contributed by atoms with E-state index in [2.05, 4.69) is 22.2 Å². The highest BCUT2D eigenvalue weighted by atomic mass is 16.3. The van der Waals surface area contributed by atoms with Gasteiger partial charge in [0.15, 0.2) is 0 Å². The van der Waals surface area contributed by atoms with Gasteiger partial charge in [-0.2, -0.15) is 0 Å². The molecule has 0 unspecified atom stereocenters. The van der Waals surface area contributed by atoms with E-state index in [0.29, 0.717) is 6.61 Å². The summed E-state index contributed by atoms with van der Waals surface area (Å²) in [4.78, 5) is 4.98. The fraction of sp³-hybridized carbons (Fsp3) is 1.00. The van der Waals surface area contributed by atoms with E-state index in [1.165, 1.54) is 71.2 Å². The summed E-state index contributed by atoms with van der Waals surface area (Å²) in [7, 11) is 2.21. The topological polar surface area (TPSA) is 38.7 Å². The Morgan fingerprint density at radius 3 is 2.40 bits per heavy atom. The number of rotatable bonds is 7. The quantitative estimate of drug-likeness (QED) is 0.688. The maximum absolute atomic E-state index is 9.67. The number of aliphatic hydroxyl groups is 1. The zero-order valence-corrected chi connectivity index (χ0v) is 13.2. The highest BCUT2D eigenvalue weighted by molar-refractivity contribution is 4.84. The third kappa shape index (κ3) is 4.99. The van der Waals surface area contributed by atoms with Crippen molar-refractivity contribution in [1.29, 1.82) is 0 Å². The minimum atomic E-state index is 0.187. The summed E-state index contributed by atoms with van der Waals surface area (Å²) in [5.41, 5.74) is 0.187. The average Bonchev–Trinajstić information content (AvgIpc) is 2.50. The summed E-state index contributed by atoms with van der Waals surface area (Å²) < 4.78 is 0. The van der Waals surface area contributed by atoms with Crippen molar-refractivity contribution in [1.82, 2.24) is 15.1 Å². The van der Waals surface area contributed by atoms with Crippen LogP contribution in [0.3, 0.4) is 0 Å². The van der Waals surface area contributed by atoms with E-state index in [4.69, 9.17) is 0 Å². The molecule has 0 spiro atoms. The molecular formula is C16H33N3O. The molecule has 0 radical (unpaired) electrons. The van der Waals surface area contributed by atoms with Crippen LogP contribution in [0.1, 0.15) is 38.5 Å². The lowest BCUT2D eigenvalue weighted by atomic mass is 9.74. The Morgan fingerprint density at radius 2 is 1.75 bits per heavy atom. The summed E-state index contributed by atoms with van der Waals surface area (Å²) in [5, 5.41) is 13.3. The van der Waals surface area contributed by atoms with Gasteiger partial charge in [0.05, 0.1) is 0 Å². The molecule has 0 aromatic carbocycles. The molecule has 4 heteroatoms. The molecule has 1 saturated heterocycles. The number of likely N-dealkylation sites (N-methyl/N-ethyl adjacent to an activating group) is 1. The van der Waals surface area contributed by atoms with Crippen LogP contribution in [0.2, 0.25) is 0 Å². The molecule has 1 heterocycles. The number of piperazine rings is 1. The largest absolute Gasteiger partial charge is 0.396 e. The van der Waals surface area contributed by atoms with Gasteiger partial charge in [-0.15, -0.1) is 0 Å². The number of nitrogens with zero attached hydrogens (tertiary/aromatic N) is 2. The molecule has 1 saturated carbocycles. The van der Waals surface area contributed by atoms with Gasteiger partial charge in [-0.3, -0.25) is 0 Å². The second-order valence-corrected chi connectivity index (χ2v) is 6.89. The van der Waals surface area contributed by atoms with Gasteiger partial charge >= 0.3 is 0 Å². The van der Waals surface area contributed by atoms with E-state index in [1.54, 1.807) is 0 Å². The monoisotopic (exact) mass is 283 g/mol. The van der Waals surface area contributed by atoms with Crippen LogP contribution in [0.25, 0.3) is 0 Å². The zero-order chi connectivity index (χ0) is 14.3. The van der Waals surface area contributed by atoms with Crippen molar-refractivity contribution in [3.05, 3.63) is 0 Å². The number of hydrogen-bond acceptors (Lipinski definition) is 4. The fourth-order valence-corrected chi connectivity index (χ4v) is 3.55. The van der Waals surface area contributed by atoms with E-state index in [0.717, 1.165) is 13.1 Å². The number of aliphatic hydroxyl groups excluding tert-OH is 1. The van der Waals surface area contributed by atoms with Crippen LogP contribution in [0.5, 0.6) is 0 Å². The normalized spacial score (nSPS) is 24.9. The summed E-state index contributed by atoms with van der Waals surface area (Å²) in [6.07, 6.45) is 7.58. The molecule has 0 aromatic heterocycles. The fourth-order valence-electron chi connectivity index (χ4n) is 3.55. The van der Waals surface area contributed by atoms with Gasteiger partial charge in [-0.1, -0.05) is 19.3 Å². The molecule has 0 aromatic rings. The van der Waals surface area contributed by atoms with Crippen molar-refractivity contribution < 1.29 is 5.11 Å². The molecule has 2 rings (SSSR count). The molecule has 118 valence electrons. The third-order valence-electron chi connectivity index (χ3n) is 5.17. The van der Waals surface area contributed by atoms with Gasteiger partial charge in [0.25, 0.3) is 0 Å².